The molecule has 19 heavy (non-hydrogen) atoms. The van der Waals surface area contributed by atoms with Gasteiger partial charge in [0.05, 0.1) is 12.6 Å². The second kappa shape index (κ2) is 7.53. The Kier molecular flexibility index (Phi) is 6.02. The minimum Gasteiger partial charge on any atom is -0.494 e. The van der Waals surface area contributed by atoms with Crippen molar-refractivity contribution >= 4 is 11.8 Å². The van der Waals surface area contributed by atoms with Crippen LogP contribution >= 0.6 is 0 Å². The standard InChI is InChI=1S/C14H19NO4/c1-2-9-19-11-5-3-10(4-6-11)14(18)12(15)7-8-13(16)17/h3-6,12H,2,7-9,15H2,1H3,(H,16,17). The van der Waals surface area contributed by atoms with Gasteiger partial charge >= 0.3 is 5.97 Å². The molecular weight excluding hydrogens is 246 g/mol. The zero-order valence-corrected chi connectivity index (χ0v) is 11.0. The van der Waals surface area contributed by atoms with Gasteiger partial charge in [0.2, 0.25) is 0 Å². The molecule has 3 N–H and O–H groups in total. The summed E-state index contributed by atoms with van der Waals surface area (Å²) < 4.78 is 5.41. The third-order valence-corrected chi connectivity index (χ3v) is 2.62. The number of benzene rings is 1. The fourth-order valence-electron chi connectivity index (χ4n) is 1.56. The Morgan fingerprint density at radius 2 is 1.95 bits per heavy atom. The first-order valence-electron chi connectivity index (χ1n) is 6.29. The normalized spacial score (nSPS) is 11.9. The molecule has 0 radical (unpaired) electrons. The van der Waals surface area contributed by atoms with Crippen molar-refractivity contribution in [3.8, 4) is 5.75 Å². The van der Waals surface area contributed by atoms with E-state index in [4.69, 9.17) is 15.6 Å². The predicted octanol–water partition coefficient (Wildman–Crippen LogP) is 1.85. The van der Waals surface area contributed by atoms with Gasteiger partial charge in [0.25, 0.3) is 0 Å². The summed E-state index contributed by atoms with van der Waals surface area (Å²) in [6.07, 6.45) is 0.952. The maximum atomic E-state index is 11.9. The molecule has 0 aliphatic carbocycles. The molecule has 104 valence electrons. The summed E-state index contributed by atoms with van der Waals surface area (Å²) in [6.45, 7) is 2.64. The Balaban J connectivity index is 2.59. The van der Waals surface area contributed by atoms with E-state index in [0.29, 0.717) is 17.9 Å². The summed E-state index contributed by atoms with van der Waals surface area (Å²) in [5, 5.41) is 8.55. The average molecular weight is 265 g/mol. The van der Waals surface area contributed by atoms with Crippen molar-refractivity contribution in [1.82, 2.24) is 0 Å². The predicted molar refractivity (Wildman–Crippen MR) is 71.4 cm³/mol. The number of ether oxygens (including phenoxy) is 1. The van der Waals surface area contributed by atoms with Gasteiger partial charge in [0.15, 0.2) is 5.78 Å². The Bertz CT molecular complexity index is 428. The number of aliphatic carboxylic acids is 1. The van der Waals surface area contributed by atoms with Crippen LogP contribution in [-0.4, -0.2) is 29.5 Å². The van der Waals surface area contributed by atoms with Crippen LogP contribution in [0, 0.1) is 0 Å². The number of rotatable bonds is 8. The second-order valence-corrected chi connectivity index (χ2v) is 4.28. The molecule has 0 aromatic heterocycles. The molecule has 0 aliphatic heterocycles. The minimum absolute atomic E-state index is 0.107. The number of hydrogen-bond acceptors (Lipinski definition) is 4. The lowest BCUT2D eigenvalue weighted by Crippen LogP contribution is -2.31. The number of carboxylic acids is 1. The highest BCUT2D eigenvalue weighted by Gasteiger charge is 2.16. The van der Waals surface area contributed by atoms with Crippen molar-refractivity contribution < 1.29 is 19.4 Å². The van der Waals surface area contributed by atoms with E-state index in [0.717, 1.165) is 6.42 Å². The minimum atomic E-state index is -0.952. The molecule has 0 fully saturated rings. The van der Waals surface area contributed by atoms with Crippen LogP contribution < -0.4 is 10.5 Å². The number of hydrogen-bond donors (Lipinski definition) is 2. The Hall–Kier alpha value is -1.88. The smallest absolute Gasteiger partial charge is 0.303 e. The molecule has 0 heterocycles. The van der Waals surface area contributed by atoms with Crippen molar-refractivity contribution in [3.05, 3.63) is 29.8 Å². The Morgan fingerprint density at radius 1 is 1.32 bits per heavy atom. The second-order valence-electron chi connectivity index (χ2n) is 4.28. The largest absolute Gasteiger partial charge is 0.494 e. The van der Waals surface area contributed by atoms with Crippen LogP contribution in [0.3, 0.4) is 0 Å². The van der Waals surface area contributed by atoms with Crippen LogP contribution in [0.1, 0.15) is 36.5 Å². The van der Waals surface area contributed by atoms with E-state index in [9.17, 15) is 9.59 Å². The van der Waals surface area contributed by atoms with Gasteiger partial charge in [-0.05, 0) is 37.1 Å². The lowest BCUT2D eigenvalue weighted by Gasteiger charge is -2.10. The van der Waals surface area contributed by atoms with Gasteiger partial charge in [-0.25, -0.2) is 0 Å². The SMILES string of the molecule is CCCOc1ccc(C(=O)C(N)CCC(=O)O)cc1. The van der Waals surface area contributed by atoms with Crippen LogP contribution in [0.2, 0.25) is 0 Å². The molecule has 0 saturated carbocycles. The number of nitrogens with two attached hydrogens (primary N) is 1. The van der Waals surface area contributed by atoms with Crippen molar-refractivity contribution in [2.24, 2.45) is 5.73 Å². The van der Waals surface area contributed by atoms with Crippen LogP contribution in [0.4, 0.5) is 0 Å². The first-order chi connectivity index (χ1) is 9.04. The summed E-state index contributed by atoms with van der Waals surface area (Å²) in [7, 11) is 0. The topological polar surface area (TPSA) is 89.6 Å². The summed E-state index contributed by atoms with van der Waals surface area (Å²) in [5.41, 5.74) is 6.15. The van der Waals surface area contributed by atoms with Crippen molar-refractivity contribution in [3.63, 3.8) is 0 Å². The highest BCUT2D eigenvalue weighted by atomic mass is 16.5. The molecule has 0 saturated heterocycles. The van der Waals surface area contributed by atoms with Crippen LogP contribution in [-0.2, 0) is 4.79 Å². The zero-order valence-electron chi connectivity index (χ0n) is 11.0. The molecule has 1 aromatic carbocycles. The molecule has 0 aliphatic rings. The average Bonchev–Trinajstić information content (AvgIpc) is 2.42. The van der Waals surface area contributed by atoms with Crippen LogP contribution in [0.5, 0.6) is 5.75 Å². The van der Waals surface area contributed by atoms with E-state index in [1.54, 1.807) is 24.3 Å². The summed E-state index contributed by atoms with van der Waals surface area (Å²) >= 11 is 0. The highest BCUT2D eigenvalue weighted by molar-refractivity contribution is 6.00. The van der Waals surface area contributed by atoms with Crippen molar-refractivity contribution in [1.29, 1.82) is 0 Å². The lowest BCUT2D eigenvalue weighted by atomic mass is 10.0. The number of carbonyl (C=O) groups excluding carboxylic acids is 1. The fourth-order valence-corrected chi connectivity index (χ4v) is 1.56. The number of carboxylic acid groups (broad SMARTS) is 1. The maximum Gasteiger partial charge on any atom is 0.303 e. The molecule has 0 spiro atoms. The van der Waals surface area contributed by atoms with Gasteiger partial charge in [0, 0.05) is 12.0 Å². The van der Waals surface area contributed by atoms with Crippen LogP contribution in [0.25, 0.3) is 0 Å². The third kappa shape index (κ3) is 5.09. The van der Waals surface area contributed by atoms with E-state index < -0.39 is 12.0 Å². The van der Waals surface area contributed by atoms with Gasteiger partial charge in [-0.1, -0.05) is 6.92 Å². The quantitative estimate of drug-likeness (QED) is 0.700. The molecule has 1 aromatic rings. The first kappa shape index (κ1) is 15.2. The van der Waals surface area contributed by atoms with Gasteiger partial charge in [-0.2, -0.15) is 0 Å². The Labute approximate surface area is 112 Å². The molecule has 0 bridgehead atoms. The summed E-state index contributed by atoms with van der Waals surface area (Å²) in [6, 6.07) is 5.94. The molecule has 1 unspecified atom stereocenters. The molecule has 0 amide bonds. The number of carbonyl (C=O) groups is 2. The van der Waals surface area contributed by atoms with E-state index >= 15 is 0 Å². The first-order valence-corrected chi connectivity index (χ1v) is 6.29. The molecule has 5 heteroatoms. The van der Waals surface area contributed by atoms with Gasteiger partial charge in [0.1, 0.15) is 5.75 Å². The van der Waals surface area contributed by atoms with E-state index in [2.05, 4.69) is 0 Å². The van der Waals surface area contributed by atoms with Gasteiger partial charge < -0.3 is 15.6 Å². The van der Waals surface area contributed by atoms with E-state index in [-0.39, 0.29) is 18.6 Å². The van der Waals surface area contributed by atoms with Gasteiger partial charge in [-0.15, -0.1) is 0 Å². The van der Waals surface area contributed by atoms with Crippen LogP contribution in [0.15, 0.2) is 24.3 Å². The summed E-state index contributed by atoms with van der Waals surface area (Å²) in [4.78, 5) is 22.3. The van der Waals surface area contributed by atoms with Crippen molar-refractivity contribution in [2.75, 3.05) is 6.61 Å². The van der Waals surface area contributed by atoms with Gasteiger partial charge in [-0.3, -0.25) is 9.59 Å². The third-order valence-electron chi connectivity index (χ3n) is 2.62. The summed E-state index contributed by atoms with van der Waals surface area (Å²) in [5.74, 6) is -0.493. The number of ketones is 1. The fraction of sp³-hybridized carbons (Fsp3) is 0.429. The zero-order chi connectivity index (χ0) is 14.3. The molecular formula is C14H19NO4. The maximum absolute atomic E-state index is 11.9. The molecule has 5 nitrogen and oxygen atoms in total. The van der Waals surface area contributed by atoms with E-state index in [1.807, 2.05) is 6.92 Å². The molecule has 1 atom stereocenters. The number of Topliss-reactive ketones (excluding diaryl/α,β-unsaturated/α-hetero) is 1. The van der Waals surface area contributed by atoms with E-state index in [1.165, 1.54) is 0 Å². The van der Waals surface area contributed by atoms with Crippen molar-refractivity contribution in [2.45, 2.75) is 32.2 Å². The molecule has 1 rings (SSSR count). The monoisotopic (exact) mass is 265 g/mol. The highest BCUT2D eigenvalue weighted by Crippen LogP contribution is 2.14. The Morgan fingerprint density at radius 3 is 2.47 bits per heavy atom. The lowest BCUT2D eigenvalue weighted by molar-refractivity contribution is -0.137.